The van der Waals surface area contributed by atoms with Crippen LogP contribution in [0.4, 0.5) is 0 Å². The largest absolute Gasteiger partial charge is 0.464 e. The zero-order chi connectivity index (χ0) is 32.4. The van der Waals surface area contributed by atoms with Crippen molar-refractivity contribution < 1.29 is 13.4 Å². The van der Waals surface area contributed by atoms with Crippen molar-refractivity contribution in [1.29, 1.82) is 0 Å². The van der Waals surface area contributed by atoms with Gasteiger partial charge >= 0.3 is 0 Å². The molecule has 0 aliphatic heterocycles. The summed E-state index contributed by atoms with van der Waals surface area (Å²) in [5.74, 6) is 2.54. The standard InChI is InChI=1S/C43H39N2O2/c1-26(2)34-23-31(29-13-8-7-9-14-29)24-35(27(3)4)41(34)45-37-16-11-10-15-36(37)44(6)43(45)40-28(5)18-20-33-32-21-19-30(38-17-12-22-46-38)25-39(32)47-42(33)40/h7-27H,1-6H3/q+1. The number of benzene rings is 5. The molecule has 4 nitrogen and oxygen atoms in total. The summed E-state index contributed by atoms with van der Waals surface area (Å²) in [5, 5.41) is 2.20. The normalized spacial score (nSPS) is 12.0. The van der Waals surface area contributed by atoms with E-state index in [0.717, 1.165) is 44.7 Å². The van der Waals surface area contributed by atoms with Crippen molar-refractivity contribution >= 4 is 33.0 Å². The van der Waals surface area contributed by atoms with E-state index in [1.807, 2.05) is 12.1 Å². The first-order valence-corrected chi connectivity index (χ1v) is 16.5. The lowest BCUT2D eigenvalue weighted by Crippen LogP contribution is -2.30. The zero-order valence-corrected chi connectivity index (χ0v) is 27.8. The highest BCUT2D eigenvalue weighted by Gasteiger charge is 2.34. The molecule has 47 heavy (non-hydrogen) atoms. The first-order valence-electron chi connectivity index (χ1n) is 16.5. The molecular formula is C43H39N2O2+. The number of rotatable bonds is 6. The van der Waals surface area contributed by atoms with Crippen LogP contribution in [0.15, 0.2) is 124 Å². The van der Waals surface area contributed by atoms with E-state index in [-0.39, 0.29) is 0 Å². The quantitative estimate of drug-likeness (QED) is 0.174. The molecule has 0 spiro atoms. The Morgan fingerprint density at radius 3 is 2.06 bits per heavy atom. The van der Waals surface area contributed by atoms with Crippen LogP contribution in [-0.2, 0) is 7.05 Å². The van der Waals surface area contributed by atoms with Crippen LogP contribution in [0.3, 0.4) is 0 Å². The molecule has 0 amide bonds. The SMILES string of the molecule is Cc1ccc2c(oc3cc(-c4ccco4)ccc32)c1-c1n(-c2c(C(C)C)cc(-c3ccccc3)cc2C(C)C)c2ccccc2[n+]1C. The van der Waals surface area contributed by atoms with Crippen molar-refractivity contribution in [2.75, 3.05) is 0 Å². The molecule has 0 unspecified atom stereocenters. The Hall–Kier alpha value is -5.35. The molecule has 0 atom stereocenters. The lowest BCUT2D eigenvalue weighted by atomic mass is 9.88. The predicted octanol–water partition coefficient (Wildman–Crippen LogP) is 11.5. The number of furan rings is 2. The molecule has 232 valence electrons. The van der Waals surface area contributed by atoms with Crippen LogP contribution in [0.25, 0.3) is 72.5 Å². The van der Waals surface area contributed by atoms with E-state index in [0.29, 0.717) is 11.8 Å². The van der Waals surface area contributed by atoms with E-state index in [4.69, 9.17) is 8.83 Å². The molecule has 8 rings (SSSR count). The fourth-order valence-electron chi connectivity index (χ4n) is 7.25. The summed E-state index contributed by atoms with van der Waals surface area (Å²) in [6, 6.07) is 39.0. The fourth-order valence-corrected chi connectivity index (χ4v) is 7.25. The molecule has 0 aliphatic rings. The summed E-state index contributed by atoms with van der Waals surface area (Å²) in [7, 11) is 2.19. The molecule has 5 aromatic carbocycles. The molecule has 0 saturated carbocycles. The minimum Gasteiger partial charge on any atom is -0.464 e. The monoisotopic (exact) mass is 615 g/mol. The van der Waals surface area contributed by atoms with Gasteiger partial charge in [0.05, 0.1) is 13.3 Å². The molecule has 3 aromatic heterocycles. The van der Waals surface area contributed by atoms with Crippen LogP contribution in [0.5, 0.6) is 0 Å². The van der Waals surface area contributed by atoms with Gasteiger partial charge in [0.2, 0.25) is 0 Å². The van der Waals surface area contributed by atoms with Gasteiger partial charge in [0.15, 0.2) is 16.6 Å². The van der Waals surface area contributed by atoms with Crippen LogP contribution >= 0.6 is 0 Å². The van der Waals surface area contributed by atoms with E-state index in [1.54, 1.807) is 6.26 Å². The van der Waals surface area contributed by atoms with Gasteiger partial charge in [-0.3, -0.25) is 0 Å². The summed E-state index contributed by atoms with van der Waals surface area (Å²) in [6.45, 7) is 11.4. The minimum atomic E-state index is 0.300. The Labute approximate surface area is 275 Å². The Kier molecular flexibility index (Phi) is 6.91. The number of hydrogen-bond donors (Lipinski definition) is 0. The van der Waals surface area contributed by atoms with Gasteiger partial charge in [0.1, 0.15) is 22.6 Å². The Morgan fingerprint density at radius 2 is 1.36 bits per heavy atom. The Morgan fingerprint density at radius 1 is 0.660 bits per heavy atom. The third-order valence-corrected chi connectivity index (χ3v) is 9.64. The highest BCUT2D eigenvalue weighted by Crippen LogP contribution is 2.43. The minimum absolute atomic E-state index is 0.300. The molecule has 0 fully saturated rings. The summed E-state index contributed by atoms with van der Waals surface area (Å²) >= 11 is 0. The number of aryl methyl sites for hydroxylation is 2. The molecule has 0 saturated heterocycles. The fraction of sp³-hybridized carbons (Fsp3) is 0.186. The van der Waals surface area contributed by atoms with Crippen molar-refractivity contribution in [2.24, 2.45) is 7.05 Å². The summed E-state index contributed by atoms with van der Waals surface area (Å²) in [4.78, 5) is 0. The van der Waals surface area contributed by atoms with E-state index in [1.165, 1.54) is 44.5 Å². The molecular weight excluding hydrogens is 576 g/mol. The first kappa shape index (κ1) is 29.1. The maximum Gasteiger partial charge on any atom is 0.299 e. The van der Waals surface area contributed by atoms with Gasteiger partial charge < -0.3 is 8.83 Å². The maximum atomic E-state index is 6.86. The van der Waals surface area contributed by atoms with Crippen LogP contribution in [-0.4, -0.2) is 4.57 Å². The lowest BCUT2D eigenvalue weighted by molar-refractivity contribution is -0.633. The van der Waals surface area contributed by atoms with Crippen molar-refractivity contribution in [3.8, 4) is 39.5 Å². The predicted molar refractivity (Wildman–Crippen MR) is 193 cm³/mol. The van der Waals surface area contributed by atoms with Crippen LogP contribution in [0.2, 0.25) is 0 Å². The summed E-state index contributed by atoms with van der Waals surface area (Å²) in [6.07, 6.45) is 1.71. The smallest absolute Gasteiger partial charge is 0.299 e. The van der Waals surface area contributed by atoms with Crippen molar-refractivity contribution in [3.63, 3.8) is 0 Å². The van der Waals surface area contributed by atoms with Crippen molar-refractivity contribution in [3.05, 3.63) is 132 Å². The zero-order valence-electron chi connectivity index (χ0n) is 27.8. The van der Waals surface area contributed by atoms with Gasteiger partial charge in [-0.15, -0.1) is 0 Å². The maximum absolute atomic E-state index is 6.86. The third-order valence-electron chi connectivity index (χ3n) is 9.64. The number of imidazole rings is 1. The van der Waals surface area contributed by atoms with Crippen LogP contribution in [0, 0.1) is 6.92 Å². The summed E-state index contributed by atoms with van der Waals surface area (Å²) < 4.78 is 17.4. The second-order valence-corrected chi connectivity index (χ2v) is 13.3. The van der Waals surface area contributed by atoms with E-state index in [9.17, 15) is 0 Å². The molecule has 4 heteroatoms. The second-order valence-electron chi connectivity index (χ2n) is 13.3. The average molecular weight is 616 g/mol. The molecule has 0 radical (unpaired) electrons. The number of para-hydroxylation sites is 2. The second kappa shape index (κ2) is 11.2. The number of nitrogens with zero attached hydrogens (tertiary/aromatic N) is 2. The van der Waals surface area contributed by atoms with Crippen molar-refractivity contribution in [2.45, 2.75) is 46.5 Å². The Bertz CT molecular complexity index is 2390. The molecule has 0 N–H and O–H groups in total. The van der Waals surface area contributed by atoms with Crippen molar-refractivity contribution in [1.82, 2.24) is 4.57 Å². The summed E-state index contributed by atoms with van der Waals surface area (Å²) in [5.41, 5.74) is 13.8. The molecule has 0 aliphatic carbocycles. The molecule has 8 aromatic rings. The number of aromatic nitrogens is 2. The first-order chi connectivity index (χ1) is 22.8. The van der Waals surface area contributed by atoms with Gasteiger partial charge in [0.25, 0.3) is 5.82 Å². The van der Waals surface area contributed by atoms with Crippen LogP contribution in [0.1, 0.15) is 56.2 Å². The third kappa shape index (κ3) is 4.62. The molecule has 3 heterocycles. The van der Waals surface area contributed by atoms with Gasteiger partial charge in [-0.1, -0.05) is 88.4 Å². The number of hydrogen-bond acceptors (Lipinski definition) is 2. The Balaban J connectivity index is 1.48. The van der Waals surface area contributed by atoms with E-state index >= 15 is 0 Å². The lowest BCUT2D eigenvalue weighted by Gasteiger charge is -2.21. The van der Waals surface area contributed by atoms with Gasteiger partial charge in [-0.2, -0.15) is 4.57 Å². The van der Waals surface area contributed by atoms with Gasteiger partial charge in [-0.05, 0) is 84.0 Å². The number of fused-ring (bicyclic) bond motifs is 4. The topological polar surface area (TPSA) is 35.1 Å². The van der Waals surface area contributed by atoms with E-state index < -0.39 is 0 Å². The highest BCUT2D eigenvalue weighted by molar-refractivity contribution is 6.10. The van der Waals surface area contributed by atoms with E-state index in [2.05, 4.69) is 148 Å². The molecule has 0 bridgehead atoms. The average Bonchev–Trinajstić information content (AvgIpc) is 3.81. The van der Waals surface area contributed by atoms with Gasteiger partial charge in [0, 0.05) is 27.5 Å². The van der Waals surface area contributed by atoms with Gasteiger partial charge in [-0.25, -0.2) is 4.57 Å². The van der Waals surface area contributed by atoms with Crippen LogP contribution < -0.4 is 4.57 Å². The highest BCUT2D eigenvalue weighted by atomic mass is 16.3.